The fourth-order valence-corrected chi connectivity index (χ4v) is 3.73. The van der Waals surface area contributed by atoms with Crippen molar-refractivity contribution in [2.24, 2.45) is 0 Å². The second-order valence-electron chi connectivity index (χ2n) is 6.28. The second-order valence-corrected chi connectivity index (χ2v) is 7.23. The van der Waals surface area contributed by atoms with Crippen molar-refractivity contribution in [2.45, 2.75) is 25.8 Å². The van der Waals surface area contributed by atoms with Crippen LogP contribution < -0.4 is 10.1 Å². The normalized spacial score (nSPS) is 16.2. The molecule has 3 rings (SSSR count). The molecule has 8 heteroatoms. The van der Waals surface area contributed by atoms with Crippen molar-refractivity contribution in [2.75, 3.05) is 18.5 Å². The van der Waals surface area contributed by atoms with Gasteiger partial charge in [0.2, 0.25) is 5.91 Å². The molecule has 0 radical (unpaired) electrons. The zero-order chi connectivity index (χ0) is 19.4. The Balaban J connectivity index is 1.67. The highest BCUT2D eigenvalue weighted by molar-refractivity contribution is 7.12. The van der Waals surface area contributed by atoms with Crippen molar-refractivity contribution < 1.29 is 24.2 Å². The number of likely N-dealkylation sites (tertiary alicyclic amines) is 1. The van der Waals surface area contributed by atoms with E-state index >= 15 is 0 Å². The van der Waals surface area contributed by atoms with E-state index in [1.807, 2.05) is 11.4 Å². The fourth-order valence-electron chi connectivity index (χ4n) is 3.05. The Hall–Kier alpha value is -2.87. The number of carbonyl (C=O) groups is 3. The van der Waals surface area contributed by atoms with E-state index in [4.69, 9.17) is 9.84 Å². The molecule has 2 aromatic rings. The number of benzene rings is 1. The van der Waals surface area contributed by atoms with Crippen LogP contribution >= 0.6 is 11.3 Å². The highest BCUT2D eigenvalue weighted by Gasteiger charge is 2.35. The van der Waals surface area contributed by atoms with E-state index in [2.05, 4.69) is 5.32 Å². The van der Waals surface area contributed by atoms with Gasteiger partial charge in [0.1, 0.15) is 11.8 Å². The van der Waals surface area contributed by atoms with E-state index in [9.17, 15) is 14.4 Å². The van der Waals surface area contributed by atoms with Gasteiger partial charge < -0.3 is 20.1 Å². The summed E-state index contributed by atoms with van der Waals surface area (Å²) < 4.78 is 5.13. The van der Waals surface area contributed by atoms with Crippen LogP contribution in [0, 0.1) is 6.92 Å². The average Bonchev–Trinajstić information content (AvgIpc) is 3.33. The lowest BCUT2D eigenvalue weighted by Gasteiger charge is -2.24. The highest BCUT2D eigenvalue weighted by Crippen LogP contribution is 2.25. The van der Waals surface area contributed by atoms with E-state index in [0.717, 1.165) is 12.0 Å². The van der Waals surface area contributed by atoms with Gasteiger partial charge in [-0.3, -0.25) is 9.59 Å². The van der Waals surface area contributed by atoms with Crippen molar-refractivity contribution in [1.29, 1.82) is 0 Å². The lowest BCUT2D eigenvalue weighted by Crippen LogP contribution is -2.43. The van der Waals surface area contributed by atoms with Crippen LogP contribution in [0.25, 0.3) is 0 Å². The third-order valence-corrected chi connectivity index (χ3v) is 5.22. The Morgan fingerprint density at radius 2 is 2.15 bits per heavy atom. The maximum atomic E-state index is 12.7. The topological polar surface area (TPSA) is 95.9 Å². The molecular formula is C19H20N2O5S. The molecule has 2 heterocycles. The van der Waals surface area contributed by atoms with Crippen LogP contribution in [0.3, 0.4) is 0 Å². The van der Waals surface area contributed by atoms with E-state index in [1.54, 1.807) is 36.1 Å². The van der Waals surface area contributed by atoms with Crippen molar-refractivity contribution in [3.63, 3.8) is 0 Å². The standard InChI is InChI=1S/C19H20N2O5S/c1-12-10-13(26-11-17(22)23)6-7-14(12)20-18(24)15-4-2-8-21(15)19(25)16-5-3-9-27-16/h3,5-7,9-10,15H,2,4,8,11H2,1H3,(H,20,24)(H,22,23). The van der Waals surface area contributed by atoms with Gasteiger partial charge in [0.15, 0.2) is 6.61 Å². The summed E-state index contributed by atoms with van der Waals surface area (Å²) >= 11 is 1.37. The van der Waals surface area contributed by atoms with Gasteiger partial charge in [-0.15, -0.1) is 11.3 Å². The van der Waals surface area contributed by atoms with Crippen LogP contribution in [0.5, 0.6) is 5.75 Å². The number of nitrogens with one attached hydrogen (secondary N) is 1. The number of hydrogen-bond donors (Lipinski definition) is 2. The smallest absolute Gasteiger partial charge is 0.341 e. The number of amides is 2. The number of hydrogen-bond acceptors (Lipinski definition) is 5. The number of rotatable bonds is 6. The first-order valence-electron chi connectivity index (χ1n) is 8.56. The second kappa shape index (κ2) is 8.22. The van der Waals surface area contributed by atoms with E-state index in [0.29, 0.717) is 29.3 Å². The van der Waals surface area contributed by atoms with Crippen molar-refractivity contribution >= 4 is 34.8 Å². The molecule has 7 nitrogen and oxygen atoms in total. The van der Waals surface area contributed by atoms with Crippen LogP contribution in [-0.4, -0.2) is 47.0 Å². The maximum Gasteiger partial charge on any atom is 0.341 e. The lowest BCUT2D eigenvalue weighted by atomic mass is 10.1. The molecule has 27 heavy (non-hydrogen) atoms. The average molecular weight is 388 g/mol. The molecule has 1 aliphatic heterocycles. The van der Waals surface area contributed by atoms with Crippen LogP contribution in [0.2, 0.25) is 0 Å². The minimum Gasteiger partial charge on any atom is -0.482 e. The number of carboxylic acids is 1. The lowest BCUT2D eigenvalue weighted by molar-refractivity contribution is -0.139. The Morgan fingerprint density at radius 3 is 2.81 bits per heavy atom. The number of anilines is 1. The van der Waals surface area contributed by atoms with Crippen molar-refractivity contribution in [3.8, 4) is 5.75 Å². The fraction of sp³-hybridized carbons (Fsp3) is 0.316. The molecule has 1 atom stereocenters. The van der Waals surface area contributed by atoms with E-state index in [-0.39, 0.29) is 11.8 Å². The number of carboxylic acid groups (broad SMARTS) is 1. The van der Waals surface area contributed by atoms with Gasteiger partial charge in [-0.1, -0.05) is 6.07 Å². The predicted octanol–water partition coefficient (Wildman–Crippen LogP) is 2.76. The molecule has 0 aliphatic carbocycles. The van der Waals surface area contributed by atoms with E-state index in [1.165, 1.54) is 11.3 Å². The number of nitrogens with zero attached hydrogens (tertiary/aromatic N) is 1. The molecule has 1 saturated heterocycles. The summed E-state index contributed by atoms with van der Waals surface area (Å²) in [5, 5.41) is 13.4. The summed E-state index contributed by atoms with van der Waals surface area (Å²) in [6, 6.07) is 8.03. The summed E-state index contributed by atoms with van der Waals surface area (Å²) in [6.07, 6.45) is 1.41. The minimum atomic E-state index is -1.05. The zero-order valence-corrected chi connectivity index (χ0v) is 15.6. The number of thiophene rings is 1. The Morgan fingerprint density at radius 1 is 1.33 bits per heavy atom. The predicted molar refractivity (Wildman–Crippen MR) is 101 cm³/mol. The first kappa shape index (κ1) is 18.9. The minimum absolute atomic E-state index is 0.114. The third kappa shape index (κ3) is 4.46. The summed E-state index contributed by atoms with van der Waals surface area (Å²) in [6.45, 7) is 1.94. The molecule has 1 unspecified atom stereocenters. The Bertz CT molecular complexity index is 850. The summed E-state index contributed by atoms with van der Waals surface area (Å²) in [5.74, 6) is -0.971. The first-order valence-corrected chi connectivity index (χ1v) is 9.44. The Labute approximate surface area is 160 Å². The molecule has 0 bridgehead atoms. The molecule has 0 spiro atoms. The van der Waals surface area contributed by atoms with Gasteiger partial charge in [-0.2, -0.15) is 0 Å². The number of aryl methyl sites for hydroxylation is 1. The van der Waals surface area contributed by atoms with Crippen molar-refractivity contribution in [1.82, 2.24) is 4.90 Å². The number of ether oxygens (including phenoxy) is 1. The molecule has 1 aromatic heterocycles. The molecule has 0 saturated carbocycles. The highest BCUT2D eigenvalue weighted by atomic mass is 32.1. The Kier molecular flexibility index (Phi) is 5.75. The molecule has 1 aliphatic rings. The summed E-state index contributed by atoms with van der Waals surface area (Å²) in [7, 11) is 0. The van der Waals surface area contributed by atoms with Gasteiger partial charge in [-0.25, -0.2) is 4.79 Å². The molecule has 142 valence electrons. The van der Waals surface area contributed by atoms with Crippen molar-refractivity contribution in [3.05, 3.63) is 46.2 Å². The maximum absolute atomic E-state index is 12.7. The van der Waals surface area contributed by atoms with Crippen LogP contribution in [0.15, 0.2) is 35.7 Å². The van der Waals surface area contributed by atoms with Crippen LogP contribution in [0.4, 0.5) is 5.69 Å². The zero-order valence-electron chi connectivity index (χ0n) is 14.8. The monoisotopic (exact) mass is 388 g/mol. The van der Waals surface area contributed by atoms with Gasteiger partial charge in [-0.05, 0) is 55.0 Å². The molecule has 1 fully saturated rings. The molecular weight excluding hydrogens is 368 g/mol. The quantitative estimate of drug-likeness (QED) is 0.793. The number of carbonyl (C=O) groups excluding carboxylic acids is 2. The molecule has 1 aromatic carbocycles. The summed E-state index contributed by atoms with van der Waals surface area (Å²) in [4.78, 5) is 38.2. The third-order valence-electron chi connectivity index (χ3n) is 4.37. The molecule has 2 amide bonds. The van der Waals surface area contributed by atoms with E-state index < -0.39 is 18.6 Å². The largest absolute Gasteiger partial charge is 0.482 e. The van der Waals surface area contributed by atoms with Crippen LogP contribution in [-0.2, 0) is 9.59 Å². The SMILES string of the molecule is Cc1cc(OCC(=O)O)ccc1NC(=O)C1CCCN1C(=O)c1cccs1. The van der Waals surface area contributed by atoms with Gasteiger partial charge in [0, 0.05) is 12.2 Å². The van der Waals surface area contributed by atoms with Gasteiger partial charge >= 0.3 is 5.97 Å². The van der Waals surface area contributed by atoms with Gasteiger partial charge in [0.05, 0.1) is 4.88 Å². The molecule has 2 N–H and O–H groups in total. The van der Waals surface area contributed by atoms with Gasteiger partial charge in [0.25, 0.3) is 5.91 Å². The summed E-state index contributed by atoms with van der Waals surface area (Å²) in [5.41, 5.74) is 1.36. The number of aliphatic carboxylic acids is 1. The van der Waals surface area contributed by atoms with Crippen LogP contribution in [0.1, 0.15) is 28.1 Å². The first-order chi connectivity index (χ1) is 13.0.